The van der Waals surface area contributed by atoms with Crippen molar-refractivity contribution in [1.82, 2.24) is 0 Å². The second kappa shape index (κ2) is 4.55. The SMILES string of the molecule is CC(C)SSCC(C)(C)C. The van der Waals surface area contributed by atoms with Crippen LogP contribution in [-0.4, -0.2) is 11.0 Å². The van der Waals surface area contributed by atoms with Gasteiger partial charge in [-0.1, -0.05) is 56.2 Å². The van der Waals surface area contributed by atoms with E-state index in [9.17, 15) is 0 Å². The normalized spacial score (nSPS) is 12.6. The average molecular weight is 178 g/mol. The first kappa shape index (κ1) is 10.7. The van der Waals surface area contributed by atoms with E-state index in [0.717, 1.165) is 5.25 Å². The molecule has 0 bridgehead atoms. The van der Waals surface area contributed by atoms with Crippen molar-refractivity contribution in [2.45, 2.75) is 39.9 Å². The first-order valence-corrected chi connectivity index (χ1v) is 6.08. The lowest BCUT2D eigenvalue weighted by atomic mass is 10.0. The van der Waals surface area contributed by atoms with Gasteiger partial charge in [0.2, 0.25) is 0 Å². The minimum atomic E-state index is 0.479. The molecule has 0 heterocycles. The van der Waals surface area contributed by atoms with Crippen molar-refractivity contribution in [3.63, 3.8) is 0 Å². The van der Waals surface area contributed by atoms with E-state index in [1.54, 1.807) is 0 Å². The van der Waals surface area contributed by atoms with Crippen molar-refractivity contribution in [3.8, 4) is 0 Å². The summed E-state index contributed by atoms with van der Waals surface area (Å²) in [5.74, 6) is 1.25. The summed E-state index contributed by atoms with van der Waals surface area (Å²) >= 11 is 0. The van der Waals surface area contributed by atoms with Gasteiger partial charge in [-0.3, -0.25) is 0 Å². The van der Waals surface area contributed by atoms with E-state index < -0.39 is 0 Å². The molecule has 0 aromatic carbocycles. The smallest absolute Gasteiger partial charge is 0.00944 e. The first-order chi connectivity index (χ1) is 4.42. The van der Waals surface area contributed by atoms with Gasteiger partial charge in [-0.15, -0.1) is 0 Å². The van der Waals surface area contributed by atoms with Gasteiger partial charge in [0.25, 0.3) is 0 Å². The Morgan fingerprint density at radius 2 is 1.70 bits per heavy atom. The van der Waals surface area contributed by atoms with Crippen LogP contribution in [0.25, 0.3) is 0 Å². The molecule has 0 unspecified atom stereocenters. The van der Waals surface area contributed by atoms with Gasteiger partial charge in [-0.2, -0.15) is 0 Å². The molecule has 0 aromatic heterocycles. The van der Waals surface area contributed by atoms with Crippen LogP contribution in [-0.2, 0) is 0 Å². The highest BCUT2D eigenvalue weighted by Gasteiger charge is 2.10. The molecule has 0 N–H and O–H groups in total. The van der Waals surface area contributed by atoms with Gasteiger partial charge in [0.15, 0.2) is 0 Å². The lowest BCUT2D eigenvalue weighted by Crippen LogP contribution is -2.07. The summed E-state index contributed by atoms with van der Waals surface area (Å²) in [5.41, 5.74) is 0.479. The fraction of sp³-hybridized carbons (Fsp3) is 1.00. The van der Waals surface area contributed by atoms with Crippen molar-refractivity contribution < 1.29 is 0 Å². The standard InChI is InChI=1S/C8H18S2/c1-7(2)10-9-6-8(3,4)5/h7H,6H2,1-5H3. The van der Waals surface area contributed by atoms with Crippen LogP contribution in [0.5, 0.6) is 0 Å². The third kappa shape index (κ3) is 8.70. The van der Waals surface area contributed by atoms with E-state index in [0.29, 0.717) is 5.41 Å². The summed E-state index contributed by atoms with van der Waals surface area (Å²) in [6.45, 7) is 11.3. The topological polar surface area (TPSA) is 0 Å². The van der Waals surface area contributed by atoms with Crippen molar-refractivity contribution in [1.29, 1.82) is 0 Å². The highest BCUT2D eigenvalue weighted by molar-refractivity contribution is 8.76. The predicted molar refractivity (Wildman–Crippen MR) is 54.6 cm³/mol. The van der Waals surface area contributed by atoms with Gasteiger partial charge >= 0.3 is 0 Å². The van der Waals surface area contributed by atoms with E-state index in [4.69, 9.17) is 0 Å². The Kier molecular flexibility index (Phi) is 4.87. The molecular formula is C8H18S2. The molecule has 2 heteroatoms. The molecule has 0 spiro atoms. The Bertz CT molecular complexity index is 81.7. The third-order valence-corrected chi connectivity index (χ3v) is 4.17. The molecule has 0 rings (SSSR count). The Balaban J connectivity index is 3.21. The van der Waals surface area contributed by atoms with Crippen LogP contribution in [0.4, 0.5) is 0 Å². The predicted octanol–water partition coefficient (Wildman–Crippen LogP) is 3.82. The van der Waals surface area contributed by atoms with Crippen LogP contribution in [0.2, 0.25) is 0 Å². The van der Waals surface area contributed by atoms with Crippen LogP contribution in [0.15, 0.2) is 0 Å². The van der Waals surface area contributed by atoms with E-state index in [-0.39, 0.29) is 0 Å². The Morgan fingerprint density at radius 1 is 1.20 bits per heavy atom. The molecule has 0 nitrogen and oxygen atoms in total. The molecular weight excluding hydrogens is 160 g/mol. The van der Waals surface area contributed by atoms with Crippen molar-refractivity contribution in [2.24, 2.45) is 5.41 Å². The maximum atomic E-state index is 2.28. The van der Waals surface area contributed by atoms with Crippen LogP contribution in [0.1, 0.15) is 34.6 Å². The van der Waals surface area contributed by atoms with Crippen molar-refractivity contribution in [2.75, 3.05) is 5.75 Å². The monoisotopic (exact) mass is 178 g/mol. The molecule has 0 aliphatic heterocycles. The quantitative estimate of drug-likeness (QED) is 0.603. The minimum Gasteiger partial charge on any atom is -0.0933 e. The highest BCUT2D eigenvalue weighted by atomic mass is 33.1. The zero-order valence-corrected chi connectivity index (χ0v) is 9.23. The summed E-state index contributed by atoms with van der Waals surface area (Å²) < 4.78 is 0. The molecule has 62 valence electrons. The molecule has 0 saturated heterocycles. The van der Waals surface area contributed by atoms with E-state index in [1.165, 1.54) is 5.75 Å². The second-order valence-electron chi connectivity index (χ2n) is 3.97. The summed E-state index contributed by atoms with van der Waals surface area (Å²) in [7, 11) is 3.96. The number of hydrogen-bond acceptors (Lipinski definition) is 2. The van der Waals surface area contributed by atoms with Crippen LogP contribution >= 0.6 is 21.6 Å². The molecule has 10 heavy (non-hydrogen) atoms. The molecule has 0 radical (unpaired) electrons. The zero-order chi connectivity index (χ0) is 8.20. The summed E-state index contributed by atoms with van der Waals surface area (Å²) in [6.07, 6.45) is 0. The maximum absolute atomic E-state index is 2.28. The number of rotatable bonds is 3. The molecule has 0 atom stereocenters. The van der Waals surface area contributed by atoms with E-state index >= 15 is 0 Å². The third-order valence-electron chi connectivity index (χ3n) is 0.752. The lowest BCUT2D eigenvalue weighted by Gasteiger charge is -2.17. The zero-order valence-electron chi connectivity index (χ0n) is 7.60. The minimum absolute atomic E-state index is 0.479. The van der Waals surface area contributed by atoms with Gasteiger partial charge in [0.1, 0.15) is 0 Å². The molecule has 0 aromatic rings. The molecule has 0 aliphatic rings. The van der Waals surface area contributed by atoms with E-state index in [1.807, 2.05) is 21.6 Å². The average Bonchev–Trinajstić information content (AvgIpc) is 1.59. The summed E-state index contributed by atoms with van der Waals surface area (Å²) in [6, 6.07) is 0. The second-order valence-corrected chi connectivity index (χ2v) is 6.91. The number of hydrogen-bond donors (Lipinski definition) is 0. The fourth-order valence-electron chi connectivity index (χ4n) is 0.347. The largest absolute Gasteiger partial charge is 0.0933 e. The summed E-state index contributed by atoms with van der Waals surface area (Å²) in [4.78, 5) is 0. The van der Waals surface area contributed by atoms with Gasteiger partial charge < -0.3 is 0 Å². The van der Waals surface area contributed by atoms with Crippen LogP contribution < -0.4 is 0 Å². The fourth-order valence-corrected chi connectivity index (χ4v) is 3.12. The van der Waals surface area contributed by atoms with Crippen LogP contribution in [0, 0.1) is 5.41 Å². The van der Waals surface area contributed by atoms with Gasteiger partial charge in [-0.05, 0) is 5.41 Å². The highest BCUT2D eigenvalue weighted by Crippen LogP contribution is 2.32. The molecule has 0 amide bonds. The molecule has 0 fully saturated rings. The van der Waals surface area contributed by atoms with Gasteiger partial charge in [-0.25, -0.2) is 0 Å². The molecule has 0 saturated carbocycles. The van der Waals surface area contributed by atoms with Crippen molar-refractivity contribution >= 4 is 21.6 Å². The summed E-state index contributed by atoms with van der Waals surface area (Å²) in [5, 5.41) is 0.757. The Morgan fingerprint density at radius 3 is 2.00 bits per heavy atom. The van der Waals surface area contributed by atoms with E-state index in [2.05, 4.69) is 34.6 Å². The van der Waals surface area contributed by atoms with Crippen LogP contribution in [0.3, 0.4) is 0 Å². The van der Waals surface area contributed by atoms with Crippen molar-refractivity contribution in [3.05, 3.63) is 0 Å². The Labute approximate surface area is 72.9 Å². The van der Waals surface area contributed by atoms with Gasteiger partial charge in [0, 0.05) is 11.0 Å². The van der Waals surface area contributed by atoms with Gasteiger partial charge in [0.05, 0.1) is 0 Å². The molecule has 0 aliphatic carbocycles. The Hall–Kier alpha value is 0.700. The first-order valence-electron chi connectivity index (χ1n) is 3.70. The maximum Gasteiger partial charge on any atom is 0.00944 e. The lowest BCUT2D eigenvalue weighted by molar-refractivity contribution is 0.482.